The average Bonchev–Trinajstić information content (AvgIpc) is 3.11. The molecule has 9 nitrogen and oxygen atoms in total. The zero-order valence-corrected chi connectivity index (χ0v) is 21.8. The largest absolute Gasteiger partial charge is 0.493 e. The summed E-state index contributed by atoms with van der Waals surface area (Å²) in [5.74, 6) is -1.25. The van der Waals surface area contributed by atoms with Gasteiger partial charge in [-0.15, -0.1) is 0 Å². The van der Waals surface area contributed by atoms with Crippen molar-refractivity contribution in [1.82, 2.24) is 4.90 Å². The molecule has 1 fully saturated rings. The maximum absolute atomic E-state index is 13.1. The lowest BCUT2D eigenvalue weighted by molar-refractivity contribution is -0.149. The molecule has 1 saturated heterocycles. The molecule has 0 atom stereocenters. The van der Waals surface area contributed by atoms with Crippen LogP contribution in [0.5, 0.6) is 11.5 Å². The molecule has 4 rings (SSSR count). The Morgan fingerprint density at radius 3 is 2.49 bits per heavy atom. The summed E-state index contributed by atoms with van der Waals surface area (Å²) < 4.78 is 41.9. The average molecular weight is 542 g/mol. The van der Waals surface area contributed by atoms with E-state index in [-0.39, 0.29) is 27.4 Å². The van der Waals surface area contributed by atoms with Crippen molar-refractivity contribution in [2.45, 2.75) is 24.8 Å². The molecule has 3 aromatic carbocycles. The van der Waals surface area contributed by atoms with Gasteiger partial charge in [-0.3, -0.25) is 19.3 Å². The van der Waals surface area contributed by atoms with Crippen molar-refractivity contribution in [1.29, 1.82) is 0 Å². The molecule has 2 amide bonds. The van der Waals surface area contributed by atoms with Gasteiger partial charge < -0.3 is 13.7 Å². The molecular formula is C26H23NO8S2. The summed E-state index contributed by atoms with van der Waals surface area (Å²) in [6, 6.07) is 16.4. The van der Waals surface area contributed by atoms with Gasteiger partial charge in [0, 0.05) is 5.39 Å². The summed E-state index contributed by atoms with van der Waals surface area (Å²) in [4.78, 5) is 37.8. The molecule has 0 N–H and O–H groups in total. The Hall–Kier alpha value is -3.83. The minimum absolute atomic E-state index is 0.0152. The fourth-order valence-corrected chi connectivity index (χ4v) is 5.64. The van der Waals surface area contributed by atoms with Crippen LogP contribution in [0.4, 0.5) is 4.79 Å². The van der Waals surface area contributed by atoms with Crippen molar-refractivity contribution in [3.05, 3.63) is 71.1 Å². The van der Waals surface area contributed by atoms with E-state index in [1.165, 1.54) is 37.5 Å². The highest BCUT2D eigenvalue weighted by Gasteiger charge is 2.37. The van der Waals surface area contributed by atoms with E-state index in [0.717, 1.165) is 10.3 Å². The highest BCUT2D eigenvalue weighted by Crippen LogP contribution is 2.36. The second-order valence-corrected chi connectivity index (χ2v) is 10.7. The van der Waals surface area contributed by atoms with Crippen LogP contribution in [-0.4, -0.2) is 50.2 Å². The first-order valence-electron chi connectivity index (χ1n) is 11.1. The normalized spacial score (nSPS) is 15.0. The van der Waals surface area contributed by atoms with E-state index in [9.17, 15) is 22.8 Å². The Kier molecular flexibility index (Phi) is 7.55. The maximum atomic E-state index is 13.1. The molecule has 0 radical (unpaired) electrons. The number of carbonyl (C=O) groups excluding carboxylic acids is 3. The van der Waals surface area contributed by atoms with Crippen molar-refractivity contribution in [2.75, 3.05) is 13.7 Å². The van der Waals surface area contributed by atoms with Crippen molar-refractivity contribution in [2.24, 2.45) is 0 Å². The number of amides is 2. The molecule has 1 aliphatic rings. The molecule has 0 unspecified atom stereocenters. The standard InChI is InChI=1S/C26H23NO8S2/c1-16(2)34-24(28)15-27-25(29)22(36-26(27)30)14-17-11-12-20(21(13-17)33-3)35-37(31,32)23-10-6-8-18-7-4-5-9-19(18)23/h4-14,16H,15H2,1-3H3/b22-14-. The van der Waals surface area contributed by atoms with E-state index in [4.69, 9.17) is 13.7 Å². The molecule has 1 aliphatic heterocycles. The van der Waals surface area contributed by atoms with E-state index in [1.807, 2.05) is 6.07 Å². The van der Waals surface area contributed by atoms with Crippen molar-refractivity contribution < 1.29 is 36.5 Å². The lowest BCUT2D eigenvalue weighted by Crippen LogP contribution is -2.35. The van der Waals surface area contributed by atoms with Gasteiger partial charge >= 0.3 is 16.1 Å². The van der Waals surface area contributed by atoms with E-state index in [0.29, 0.717) is 22.7 Å². The molecule has 0 bridgehead atoms. The molecule has 1 heterocycles. The first kappa shape index (κ1) is 26.2. The van der Waals surface area contributed by atoms with Crippen LogP contribution < -0.4 is 8.92 Å². The fourth-order valence-electron chi connectivity index (χ4n) is 3.64. The third-order valence-electron chi connectivity index (χ3n) is 5.23. The van der Waals surface area contributed by atoms with Crippen LogP contribution in [-0.2, 0) is 24.4 Å². The number of rotatable bonds is 8. The SMILES string of the molecule is COc1cc(/C=C2\SC(=O)N(CC(=O)OC(C)C)C2=O)ccc1OS(=O)(=O)c1cccc2ccccc12. The smallest absolute Gasteiger partial charge is 0.339 e. The molecule has 0 spiro atoms. The van der Waals surface area contributed by atoms with Crippen LogP contribution in [0.15, 0.2) is 70.5 Å². The van der Waals surface area contributed by atoms with Gasteiger partial charge in [-0.05, 0) is 60.8 Å². The zero-order chi connectivity index (χ0) is 26.7. The molecule has 0 saturated carbocycles. The van der Waals surface area contributed by atoms with Crippen LogP contribution in [0.2, 0.25) is 0 Å². The van der Waals surface area contributed by atoms with Crippen molar-refractivity contribution in [3.8, 4) is 11.5 Å². The third kappa shape index (κ3) is 5.78. The quantitative estimate of drug-likeness (QED) is 0.229. The molecule has 192 valence electrons. The molecule has 3 aromatic rings. The maximum Gasteiger partial charge on any atom is 0.339 e. The lowest BCUT2D eigenvalue weighted by Gasteiger charge is -2.13. The Morgan fingerprint density at radius 1 is 1.03 bits per heavy atom. The Balaban J connectivity index is 1.57. The summed E-state index contributed by atoms with van der Waals surface area (Å²) in [5, 5.41) is 0.680. The number of benzene rings is 3. The first-order valence-corrected chi connectivity index (χ1v) is 13.4. The molecule has 0 aromatic heterocycles. The first-order chi connectivity index (χ1) is 17.6. The zero-order valence-electron chi connectivity index (χ0n) is 20.2. The van der Waals surface area contributed by atoms with Gasteiger partial charge in [-0.1, -0.05) is 42.5 Å². The summed E-state index contributed by atoms with van der Waals surface area (Å²) in [6.07, 6.45) is 1.07. The number of esters is 1. The van der Waals surface area contributed by atoms with Crippen LogP contribution in [0.3, 0.4) is 0 Å². The number of nitrogens with zero attached hydrogens (tertiary/aromatic N) is 1. The number of fused-ring (bicyclic) bond motifs is 1. The van der Waals surface area contributed by atoms with Crippen LogP contribution in [0.25, 0.3) is 16.8 Å². The van der Waals surface area contributed by atoms with Gasteiger partial charge in [0.05, 0.1) is 18.1 Å². The Bertz CT molecular complexity index is 1520. The summed E-state index contributed by atoms with van der Waals surface area (Å²) in [7, 11) is -2.85. The van der Waals surface area contributed by atoms with E-state index < -0.39 is 33.8 Å². The lowest BCUT2D eigenvalue weighted by atomic mass is 10.1. The van der Waals surface area contributed by atoms with Gasteiger partial charge in [-0.2, -0.15) is 8.42 Å². The van der Waals surface area contributed by atoms with Gasteiger partial charge in [0.15, 0.2) is 11.5 Å². The number of methoxy groups -OCH3 is 1. The molecule has 37 heavy (non-hydrogen) atoms. The van der Waals surface area contributed by atoms with Gasteiger partial charge in [0.1, 0.15) is 11.4 Å². The highest BCUT2D eigenvalue weighted by atomic mass is 32.2. The minimum atomic E-state index is -4.20. The summed E-state index contributed by atoms with van der Waals surface area (Å²) >= 11 is 0.686. The number of carbonyl (C=O) groups is 3. The predicted octanol–water partition coefficient (Wildman–Crippen LogP) is 4.60. The van der Waals surface area contributed by atoms with Gasteiger partial charge in [0.25, 0.3) is 11.1 Å². The highest BCUT2D eigenvalue weighted by molar-refractivity contribution is 8.18. The number of hydrogen-bond acceptors (Lipinski definition) is 9. The van der Waals surface area contributed by atoms with Crippen molar-refractivity contribution in [3.63, 3.8) is 0 Å². The summed E-state index contributed by atoms with van der Waals surface area (Å²) in [6.45, 7) is 2.85. The van der Waals surface area contributed by atoms with Gasteiger partial charge in [-0.25, -0.2) is 0 Å². The topological polar surface area (TPSA) is 116 Å². The number of imide groups is 1. The third-order valence-corrected chi connectivity index (χ3v) is 7.43. The van der Waals surface area contributed by atoms with Crippen LogP contribution in [0, 0.1) is 0 Å². The number of hydrogen-bond donors (Lipinski definition) is 0. The van der Waals surface area contributed by atoms with Crippen LogP contribution >= 0.6 is 11.8 Å². The van der Waals surface area contributed by atoms with E-state index in [2.05, 4.69) is 0 Å². The van der Waals surface area contributed by atoms with Crippen LogP contribution in [0.1, 0.15) is 19.4 Å². The van der Waals surface area contributed by atoms with E-state index in [1.54, 1.807) is 44.2 Å². The molecular weight excluding hydrogens is 518 g/mol. The molecule has 0 aliphatic carbocycles. The fraction of sp³-hybridized carbons (Fsp3) is 0.192. The van der Waals surface area contributed by atoms with Gasteiger partial charge in [0.2, 0.25) is 0 Å². The monoisotopic (exact) mass is 541 g/mol. The second kappa shape index (κ2) is 10.7. The van der Waals surface area contributed by atoms with E-state index >= 15 is 0 Å². The number of thioether (sulfide) groups is 1. The minimum Gasteiger partial charge on any atom is -0.493 e. The number of ether oxygens (including phenoxy) is 2. The molecule has 11 heteroatoms. The predicted molar refractivity (Wildman–Crippen MR) is 139 cm³/mol. The van der Waals surface area contributed by atoms with Crippen molar-refractivity contribution >= 4 is 55.8 Å². The summed E-state index contributed by atoms with van der Waals surface area (Å²) in [5.41, 5.74) is 0.460. The Morgan fingerprint density at radius 2 is 1.76 bits per heavy atom. The second-order valence-electron chi connectivity index (χ2n) is 8.23. The Labute approximate surface area is 218 Å².